The Labute approximate surface area is 118 Å². The predicted octanol–water partition coefficient (Wildman–Crippen LogP) is 4.61. The van der Waals surface area contributed by atoms with Crippen molar-refractivity contribution in [3.8, 4) is 0 Å². The molecule has 0 aliphatic rings. The van der Waals surface area contributed by atoms with Crippen LogP contribution < -0.4 is 5.73 Å². The first-order chi connectivity index (χ1) is 8.99. The molecule has 1 nitrogen and oxygen atoms in total. The van der Waals surface area contributed by atoms with Crippen LogP contribution in [-0.2, 0) is 0 Å². The van der Waals surface area contributed by atoms with Crippen LogP contribution in [0.25, 0.3) is 0 Å². The topological polar surface area (TPSA) is 26.0 Å². The molecule has 0 aliphatic heterocycles. The van der Waals surface area contributed by atoms with Crippen molar-refractivity contribution >= 4 is 11.8 Å². The van der Waals surface area contributed by atoms with Gasteiger partial charge in [0, 0.05) is 21.4 Å². The standard InChI is InChI=1S/C16H18FNS/c1-10-7-8-13(9-11(10)2)19-15-6-4-5-14(17)16(15)12(3)18/h4-9,12H,18H2,1-3H3/t12-/m0/s1. The van der Waals surface area contributed by atoms with Crippen LogP contribution in [0.5, 0.6) is 0 Å². The van der Waals surface area contributed by atoms with Crippen molar-refractivity contribution in [1.82, 2.24) is 0 Å². The lowest BCUT2D eigenvalue weighted by Gasteiger charge is -2.13. The lowest BCUT2D eigenvalue weighted by molar-refractivity contribution is 0.585. The number of aryl methyl sites for hydroxylation is 2. The lowest BCUT2D eigenvalue weighted by Crippen LogP contribution is -2.08. The number of halogens is 1. The van der Waals surface area contributed by atoms with Crippen LogP contribution in [0.15, 0.2) is 46.2 Å². The minimum Gasteiger partial charge on any atom is -0.324 e. The Morgan fingerprint density at radius 1 is 1.11 bits per heavy atom. The van der Waals surface area contributed by atoms with Gasteiger partial charge in [-0.1, -0.05) is 23.9 Å². The highest BCUT2D eigenvalue weighted by molar-refractivity contribution is 7.99. The van der Waals surface area contributed by atoms with Gasteiger partial charge in [0.2, 0.25) is 0 Å². The van der Waals surface area contributed by atoms with Gasteiger partial charge < -0.3 is 5.73 Å². The second kappa shape index (κ2) is 5.76. The van der Waals surface area contributed by atoms with Gasteiger partial charge in [-0.2, -0.15) is 0 Å². The zero-order chi connectivity index (χ0) is 14.0. The zero-order valence-electron chi connectivity index (χ0n) is 11.4. The minimum atomic E-state index is -0.310. The molecule has 2 rings (SSSR count). The molecule has 2 aromatic carbocycles. The van der Waals surface area contributed by atoms with E-state index in [1.54, 1.807) is 17.8 Å². The van der Waals surface area contributed by atoms with Crippen molar-refractivity contribution in [2.75, 3.05) is 0 Å². The quantitative estimate of drug-likeness (QED) is 0.885. The molecule has 0 unspecified atom stereocenters. The smallest absolute Gasteiger partial charge is 0.129 e. The predicted molar refractivity (Wildman–Crippen MR) is 79.0 cm³/mol. The molecule has 0 heterocycles. The minimum absolute atomic E-state index is 0.233. The van der Waals surface area contributed by atoms with E-state index >= 15 is 0 Å². The Balaban J connectivity index is 2.38. The molecule has 0 bridgehead atoms. The van der Waals surface area contributed by atoms with Crippen LogP contribution >= 0.6 is 11.8 Å². The summed E-state index contributed by atoms with van der Waals surface area (Å²) in [6.45, 7) is 5.97. The van der Waals surface area contributed by atoms with Crippen molar-refractivity contribution in [3.63, 3.8) is 0 Å². The van der Waals surface area contributed by atoms with Gasteiger partial charge in [-0.05, 0) is 56.2 Å². The van der Waals surface area contributed by atoms with E-state index < -0.39 is 0 Å². The summed E-state index contributed by atoms with van der Waals surface area (Å²) in [7, 11) is 0. The van der Waals surface area contributed by atoms with Crippen LogP contribution in [0, 0.1) is 19.7 Å². The van der Waals surface area contributed by atoms with E-state index in [0.29, 0.717) is 5.56 Å². The third kappa shape index (κ3) is 3.17. The van der Waals surface area contributed by atoms with Gasteiger partial charge in [-0.25, -0.2) is 4.39 Å². The fourth-order valence-corrected chi connectivity index (χ4v) is 3.12. The molecule has 0 amide bonds. The fourth-order valence-electron chi connectivity index (χ4n) is 1.95. The number of benzene rings is 2. The molecule has 100 valence electrons. The van der Waals surface area contributed by atoms with Gasteiger partial charge in [0.25, 0.3) is 0 Å². The van der Waals surface area contributed by atoms with Gasteiger partial charge in [-0.3, -0.25) is 0 Å². The first-order valence-corrected chi connectivity index (χ1v) is 7.10. The van der Waals surface area contributed by atoms with Crippen LogP contribution in [0.3, 0.4) is 0 Å². The Hall–Kier alpha value is -1.32. The number of hydrogen-bond acceptors (Lipinski definition) is 2. The van der Waals surface area contributed by atoms with Crippen molar-refractivity contribution in [2.45, 2.75) is 36.6 Å². The highest BCUT2D eigenvalue weighted by Crippen LogP contribution is 2.34. The highest BCUT2D eigenvalue weighted by atomic mass is 32.2. The van der Waals surface area contributed by atoms with E-state index in [2.05, 4.69) is 32.0 Å². The molecule has 19 heavy (non-hydrogen) atoms. The largest absolute Gasteiger partial charge is 0.324 e. The summed E-state index contributed by atoms with van der Waals surface area (Å²) in [5, 5.41) is 0. The molecule has 0 fully saturated rings. The average molecular weight is 275 g/mol. The molecule has 2 N–H and O–H groups in total. The second-order valence-electron chi connectivity index (χ2n) is 4.79. The molecular weight excluding hydrogens is 257 g/mol. The van der Waals surface area contributed by atoms with Crippen LogP contribution in [0.1, 0.15) is 29.7 Å². The molecule has 0 aliphatic carbocycles. The van der Waals surface area contributed by atoms with Crippen LogP contribution in [0.4, 0.5) is 4.39 Å². The van der Waals surface area contributed by atoms with Crippen molar-refractivity contribution in [1.29, 1.82) is 0 Å². The van der Waals surface area contributed by atoms with Gasteiger partial charge in [0.05, 0.1) is 0 Å². The van der Waals surface area contributed by atoms with Gasteiger partial charge in [0.15, 0.2) is 0 Å². The van der Waals surface area contributed by atoms with Gasteiger partial charge in [0.1, 0.15) is 5.82 Å². The maximum atomic E-state index is 13.9. The highest BCUT2D eigenvalue weighted by Gasteiger charge is 2.13. The first kappa shape index (κ1) is 14.1. The summed E-state index contributed by atoms with van der Waals surface area (Å²) in [6.07, 6.45) is 0. The molecule has 1 atom stereocenters. The van der Waals surface area contributed by atoms with Gasteiger partial charge >= 0.3 is 0 Å². The van der Waals surface area contributed by atoms with E-state index in [1.807, 2.05) is 13.0 Å². The maximum absolute atomic E-state index is 13.9. The molecule has 0 aromatic heterocycles. The van der Waals surface area contributed by atoms with E-state index in [4.69, 9.17) is 5.73 Å². The average Bonchev–Trinajstić information content (AvgIpc) is 2.33. The molecule has 2 aromatic rings. The van der Waals surface area contributed by atoms with E-state index in [0.717, 1.165) is 9.79 Å². The van der Waals surface area contributed by atoms with Crippen molar-refractivity contribution in [2.24, 2.45) is 5.73 Å². The first-order valence-electron chi connectivity index (χ1n) is 6.28. The number of hydrogen-bond donors (Lipinski definition) is 1. The zero-order valence-corrected chi connectivity index (χ0v) is 12.2. The van der Waals surface area contributed by atoms with Crippen molar-refractivity contribution < 1.29 is 4.39 Å². The van der Waals surface area contributed by atoms with Crippen LogP contribution in [0.2, 0.25) is 0 Å². The summed E-state index contributed by atoms with van der Waals surface area (Å²) >= 11 is 1.56. The normalized spacial score (nSPS) is 12.5. The summed E-state index contributed by atoms with van der Waals surface area (Å²) in [5.41, 5.74) is 8.96. The van der Waals surface area contributed by atoms with Crippen LogP contribution in [-0.4, -0.2) is 0 Å². The Morgan fingerprint density at radius 2 is 1.84 bits per heavy atom. The second-order valence-corrected chi connectivity index (χ2v) is 5.90. The Bertz CT molecular complexity index is 593. The summed E-state index contributed by atoms with van der Waals surface area (Å²) < 4.78 is 13.9. The molecule has 0 radical (unpaired) electrons. The monoisotopic (exact) mass is 275 g/mol. The van der Waals surface area contributed by atoms with E-state index in [-0.39, 0.29) is 11.9 Å². The fraction of sp³-hybridized carbons (Fsp3) is 0.250. The SMILES string of the molecule is Cc1ccc(Sc2cccc(F)c2[C@H](C)N)cc1C. The van der Waals surface area contributed by atoms with Crippen molar-refractivity contribution in [3.05, 3.63) is 58.9 Å². The Morgan fingerprint density at radius 3 is 2.47 bits per heavy atom. The molecule has 3 heteroatoms. The van der Waals surface area contributed by atoms with E-state index in [9.17, 15) is 4.39 Å². The molecule has 0 saturated heterocycles. The summed E-state index contributed by atoms with van der Waals surface area (Å²) in [6, 6.07) is 11.1. The summed E-state index contributed by atoms with van der Waals surface area (Å²) in [5.74, 6) is -0.233. The maximum Gasteiger partial charge on any atom is 0.129 e. The van der Waals surface area contributed by atoms with Gasteiger partial charge in [-0.15, -0.1) is 0 Å². The molecule has 0 spiro atoms. The molecule has 0 saturated carbocycles. The third-order valence-corrected chi connectivity index (χ3v) is 4.24. The summed E-state index contributed by atoms with van der Waals surface area (Å²) in [4.78, 5) is 1.99. The lowest BCUT2D eigenvalue weighted by atomic mass is 10.1. The number of nitrogens with two attached hydrogens (primary N) is 1. The van der Waals surface area contributed by atoms with E-state index in [1.165, 1.54) is 17.2 Å². The third-order valence-electron chi connectivity index (χ3n) is 3.17. The molecular formula is C16H18FNS. The number of rotatable bonds is 3. The Kier molecular flexibility index (Phi) is 4.27.